The second-order valence-corrected chi connectivity index (χ2v) is 3.72. The molecular formula is C12H9FN4O2. The molecule has 1 saturated heterocycles. The molecule has 6 nitrogen and oxygen atoms in total. The van der Waals surface area contributed by atoms with Crippen LogP contribution in [0.15, 0.2) is 23.3 Å². The van der Waals surface area contributed by atoms with Gasteiger partial charge < -0.3 is 9.47 Å². The summed E-state index contributed by atoms with van der Waals surface area (Å²) in [6.45, 7) is 0.912. The van der Waals surface area contributed by atoms with Gasteiger partial charge in [-0.05, 0) is 12.1 Å². The molecule has 1 aromatic rings. The van der Waals surface area contributed by atoms with Crippen molar-refractivity contribution < 1.29 is 13.9 Å². The van der Waals surface area contributed by atoms with Crippen molar-refractivity contribution in [2.45, 2.75) is 6.10 Å². The zero-order chi connectivity index (χ0) is 13.7. The number of benzene rings is 1. The van der Waals surface area contributed by atoms with E-state index in [9.17, 15) is 4.39 Å². The van der Waals surface area contributed by atoms with E-state index in [1.165, 1.54) is 18.2 Å². The van der Waals surface area contributed by atoms with E-state index in [1.807, 2.05) is 0 Å². The fourth-order valence-corrected chi connectivity index (χ4v) is 1.32. The molecule has 2 rings (SSSR count). The molecule has 1 N–H and O–H groups in total. The summed E-state index contributed by atoms with van der Waals surface area (Å²) in [6, 6.07) is 7.32. The third kappa shape index (κ3) is 3.18. The molecule has 0 bridgehead atoms. The first-order valence-electron chi connectivity index (χ1n) is 5.41. The van der Waals surface area contributed by atoms with Gasteiger partial charge in [-0.25, -0.2) is 4.39 Å². The Morgan fingerprint density at radius 1 is 1.42 bits per heavy atom. The number of hydrazone groups is 1. The van der Waals surface area contributed by atoms with E-state index in [0.717, 1.165) is 0 Å². The maximum atomic E-state index is 13.7. The van der Waals surface area contributed by atoms with Crippen molar-refractivity contribution in [1.29, 1.82) is 10.5 Å². The molecule has 0 aliphatic carbocycles. The summed E-state index contributed by atoms with van der Waals surface area (Å²) in [7, 11) is 0. The Morgan fingerprint density at radius 2 is 2.16 bits per heavy atom. The Kier molecular flexibility index (Phi) is 3.91. The van der Waals surface area contributed by atoms with Gasteiger partial charge in [0.15, 0.2) is 11.6 Å². The second kappa shape index (κ2) is 5.80. The summed E-state index contributed by atoms with van der Waals surface area (Å²) in [4.78, 5) is 0. The molecule has 19 heavy (non-hydrogen) atoms. The molecule has 1 fully saturated rings. The van der Waals surface area contributed by atoms with Gasteiger partial charge in [0.25, 0.3) is 0 Å². The fourth-order valence-electron chi connectivity index (χ4n) is 1.32. The van der Waals surface area contributed by atoms with Crippen molar-refractivity contribution in [1.82, 2.24) is 0 Å². The normalized spacial score (nSPS) is 13.6. The van der Waals surface area contributed by atoms with Crippen molar-refractivity contribution in [2.75, 3.05) is 18.6 Å². The molecule has 7 heteroatoms. The minimum Gasteiger partial charge on any atom is -0.483 e. The topological polar surface area (TPSA) is 90.4 Å². The Labute approximate surface area is 108 Å². The van der Waals surface area contributed by atoms with Crippen molar-refractivity contribution >= 4 is 11.4 Å². The summed E-state index contributed by atoms with van der Waals surface area (Å²) >= 11 is 0. The lowest BCUT2D eigenvalue weighted by atomic mass is 10.2. The van der Waals surface area contributed by atoms with Crippen LogP contribution in [0.25, 0.3) is 0 Å². The number of nitrogens with one attached hydrogen (secondary N) is 1. The number of rotatable bonds is 4. The van der Waals surface area contributed by atoms with E-state index < -0.39 is 5.82 Å². The van der Waals surface area contributed by atoms with Gasteiger partial charge in [0.1, 0.15) is 18.2 Å². The number of nitrogens with zero attached hydrogens (tertiary/aromatic N) is 3. The summed E-state index contributed by atoms with van der Waals surface area (Å²) in [6.07, 6.45) is -0.116. The maximum Gasteiger partial charge on any atom is 0.237 e. The van der Waals surface area contributed by atoms with Gasteiger partial charge in [0.2, 0.25) is 5.71 Å². The number of ether oxygens (including phenoxy) is 2. The average molecular weight is 260 g/mol. The molecule has 1 aliphatic heterocycles. The van der Waals surface area contributed by atoms with Gasteiger partial charge >= 0.3 is 0 Å². The van der Waals surface area contributed by atoms with E-state index in [1.54, 1.807) is 12.1 Å². The van der Waals surface area contributed by atoms with Crippen molar-refractivity contribution in [2.24, 2.45) is 5.10 Å². The highest BCUT2D eigenvalue weighted by Crippen LogP contribution is 2.23. The van der Waals surface area contributed by atoms with Crippen LogP contribution in [0.5, 0.6) is 5.75 Å². The zero-order valence-corrected chi connectivity index (χ0v) is 9.76. The van der Waals surface area contributed by atoms with Crippen molar-refractivity contribution in [3.63, 3.8) is 0 Å². The summed E-state index contributed by atoms with van der Waals surface area (Å²) in [5.74, 6) is -0.425. The van der Waals surface area contributed by atoms with Crippen LogP contribution in [0.2, 0.25) is 0 Å². The van der Waals surface area contributed by atoms with Crippen molar-refractivity contribution in [3.05, 3.63) is 24.0 Å². The summed E-state index contributed by atoms with van der Waals surface area (Å²) in [5, 5.41) is 20.5. The Morgan fingerprint density at radius 3 is 2.68 bits per heavy atom. The van der Waals surface area contributed by atoms with E-state index in [2.05, 4.69) is 10.5 Å². The van der Waals surface area contributed by atoms with Crippen LogP contribution in [-0.2, 0) is 4.74 Å². The minimum atomic E-state index is -0.553. The number of hydrogen-bond acceptors (Lipinski definition) is 6. The molecule has 0 unspecified atom stereocenters. The van der Waals surface area contributed by atoms with Gasteiger partial charge in [-0.1, -0.05) is 0 Å². The molecule has 1 aromatic carbocycles. The molecule has 0 radical (unpaired) electrons. The van der Waals surface area contributed by atoms with Crippen molar-refractivity contribution in [3.8, 4) is 17.9 Å². The lowest BCUT2D eigenvalue weighted by molar-refractivity contribution is -0.0808. The maximum absolute atomic E-state index is 13.7. The first kappa shape index (κ1) is 12.8. The van der Waals surface area contributed by atoms with Crippen LogP contribution in [0.4, 0.5) is 10.1 Å². The number of hydrogen-bond donors (Lipinski definition) is 1. The number of nitriles is 2. The molecule has 0 atom stereocenters. The lowest BCUT2D eigenvalue weighted by Gasteiger charge is -2.26. The molecule has 0 aromatic heterocycles. The van der Waals surface area contributed by atoms with Gasteiger partial charge in [0, 0.05) is 6.07 Å². The Bertz CT molecular complexity index is 568. The molecule has 0 saturated carbocycles. The van der Waals surface area contributed by atoms with Gasteiger partial charge in [-0.2, -0.15) is 15.6 Å². The predicted octanol–water partition coefficient (Wildman–Crippen LogP) is 1.42. The molecular weight excluding hydrogens is 251 g/mol. The van der Waals surface area contributed by atoms with E-state index in [0.29, 0.717) is 18.9 Å². The van der Waals surface area contributed by atoms with Crippen LogP contribution in [0, 0.1) is 28.5 Å². The van der Waals surface area contributed by atoms with Crippen LogP contribution < -0.4 is 10.2 Å². The first-order chi connectivity index (χ1) is 9.22. The lowest BCUT2D eigenvalue weighted by Crippen LogP contribution is -2.38. The molecule has 1 aliphatic rings. The second-order valence-electron chi connectivity index (χ2n) is 3.72. The Balaban J connectivity index is 2.04. The zero-order valence-electron chi connectivity index (χ0n) is 9.76. The van der Waals surface area contributed by atoms with Crippen LogP contribution in [-0.4, -0.2) is 25.0 Å². The SMILES string of the molecule is N#CC(C#N)=NNc1ccc(OC2COC2)c(F)c1. The van der Waals surface area contributed by atoms with E-state index in [4.69, 9.17) is 20.0 Å². The number of anilines is 1. The fraction of sp³-hybridized carbons (Fsp3) is 0.250. The average Bonchev–Trinajstić information content (AvgIpc) is 2.37. The smallest absolute Gasteiger partial charge is 0.237 e. The highest BCUT2D eigenvalue weighted by Gasteiger charge is 2.21. The predicted molar refractivity (Wildman–Crippen MR) is 63.9 cm³/mol. The number of halogens is 1. The van der Waals surface area contributed by atoms with Gasteiger partial charge in [-0.15, -0.1) is 0 Å². The van der Waals surface area contributed by atoms with E-state index in [-0.39, 0.29) is 17.6 Å². The van der Waals surface area contributed by atoms with Gasteiger partial charge in [-0.3, -0.25) is 5.43 Å². The monoisotopic (exact) mass is 260 g/mol. The molecule has 0 amide bonds. The third-order valence-corrected chi connectivity index (χ3v) is 2.34. The standard InChI is InChI=1S/C12H9FN4O2/c13-11-3-8(16-17-9(4-14)5-15)1-2-12(11)19-10-6-18-7-10/h1-3,10,16H,6-7H2. The minimum absolute atomic E-state index is 0.116. The quantitative estimate of drug-likeness (QED) is 0.653. The Hall–Kier alpha value is -2.64. The van der Waals surface area contributed by atoms with E-state index >= 15 is 0 Å². The highest BCUT2D eigenvalue weighted by molar-refractivity contribution is 6.10. The highest BCUT2D eigenvalue weighted by atomic mass is 19.1. The largest absolute Gasteiger partial charge is 0.483 e. The molecule has 96 valence electrons. The van der Waals surface area contributed by atoms with Crippen LogP contribution >= 0.6 is 0 Å². The van der Waals surface area contributed by atoms with Crippen LogP contribution in [0.1, 0.15) is 0 Å². The molecule has 1 heterocycles. The summed E-state index contributed by atoms with van der Waals surface area (Å²) < 4.78 is 23.9. The van der Waals surface area contributed by atoms with Gasteiger partial charge in [0.05, 0.1) is 18.9 Å². The summed E-state index contributed by atoms with van der Waals surface area (Å²) in [5.41, 5.74) is 2.40. The third-order valence-electron chi connectivity index (χ3n) is 2.34. The first-order valence-corrected chi connectivity index (χ1v) is 5.41. The van der Waals surface area contributed by atoms with Crippen LogP contribution in [0.3, 0.4) is 0 Å². The molecule has 0 spiro atoms.